The van der Waals surface area contributed by atoms with Gasteiger partial charge in [0.15, 0.2) is 0 Å². The van der Waals surface area contributed by atoms with Crippen molar-refractivity contribution in [3.63, 3.8) is 0 Å². The number of halogens is 2. The van der Waals surface area contributed by atoms with E-state index in [0.29, 0.717) is 16.1 Å². The molecule has 0 spiro atoms. The molecule has 3 rings (SSSR count). The fourth-order valence-electron chi connectivity index (χ4n) is 1.67. The lowest BCUT2D eigenvalue weighted by Gasteiger charge is -2.08. The topological polar surface area (TPSA) is 26.5 Å². The largest absolute Gasteiger partial charge is 0.440 e. The first-order chi connectivity index (χ1) is 8.74. The number of fused-ring (bicyclic) bond motifs is 1. The summed E-state index contributed by atoms with van der Waals surface area (Å²) >= 11 is 3.10. The van der Waals surface area contributed by atoms with Crippen LogP contribution in [-0.4, -0.2) is 9.38 Å². The van der Waals surface area contributed by atoms with Crippen molar-refractivity contribution < 1.29 is 9.13 Å². The third kappa shape index (κ3) is 1.97. The molecule has 0 saturated carbocycles. The highest BCUT2D eigenvalue weighted by Gasteiger charge is 2.05. The van der Waals surface area contributed by atoms with E-state index in [1.807, 2.05) is 12.1 Å². The Hall–Kier alpha value is -1.88. The number of rotatable bonds is 2. The van der Waals surface area contributed by atoms with Crippen molar-refractivity contribution in [2.24, 2.45) is 0 Å². The van der Waals surface area contributed by atoms with Crippen LogP contribution in [0.3, 0.4) is 0 Å². The van der Waals surface area contributed by atoms with E-state index in [4.69, 9.17) is 4.74 Å². The zero-order valence-electron chi connectivity index (χ0n) is 9.18. The second kappa shape index (κ2) is 4.42. The number of aromatic nitrogens is 2. The quantitative estimate of drug-likeness (QED) is 0.714. The van der Waals surface area contributed by atoms with Crippen molar-refractivity contribution in [2.75, 3.05) is 0 Å². The molecule has 0 saturated heterocycles. The van der Waals surface area contributed by atoms with Crippen LogP contribution in [0, 0.1) is 5.82 Å². The molecule has 0 N–H and O–H groups in total. The first-order valence-electron chi connectivity index (χ1n) is 5.29. The molecule has 0 aliphatic carbocycles. The van der Waals surface area contributed by atoms with Crippen molar-refractivity contribution in [3.8, 4) is 11.6 Å². The van der Waals surface area contributed by atoms with Crippen LogP contribution in [0.25, 0.3) is 5.65 Å². The molecule has 0 atom stereocenters. The minimum absolute atomic E-state index is 0.356. The molecule has 2 heterocycles. The Labute approximate surface area is 111 Å². The van der Waals surface area contributed by atoms with Gasteiger partial charge in [0, 0.05) is 18.5 Å². The van der Waals surface area contributed by atoms with Gasteiger partial charge in [-0.05, 0) is 40.2 Å². The first kappa shape index (κ1) is 11.2. The highest BCUT2D eigenvalue weighted by Crippen LogP contribution is 2.26. The van der Waals surface area contributed by atoms with Crippen LogP contribution in [0.4, 0.5) is 4.39 Å². The van der Waals surface area contributed by atoms with Gasteiger partial charge in [-0.25, -0.2) is 9.37 Å². The summed E-state index contributed by atoms with van der Waals surface area (Å²) in [5, 5.41) is 0. The van der Waals surface area contributed by atoms with E-state index in [2.05, 4.69) is 20.9 Å². The van der Waals surface area contributed by atoms with Gasteiger partial charge in [-0.3, -0.25) is 4.40 Å². The highest BCUT2D eigenvalue weighted by molar-refractivity contribution is 9.10. The summed E-state index contributed by atoms with van der Waals surface area (Å²) in [5.74, 6) is 0.675. The van der Waals surface area contributed by atoms with E-state index in [9.17, 15) is 4.39 Å². The van der Waals surface area contributed by atoms with Crippen LogP contribution in [0.1, 0.15) is 0 Å². The summed E-state index contributed by atoms with van der Waals surface area (Å²) in [5.41, 5.74) is 0.782. The van der Waals surface area contributed by atoms with Gasteiger partial charge < -0.3 is 4.74 Å². The fourth-order valence-corrected chi connectivity index (χ4v) is 1.91. The van der Waals surface area contributed by atoms with Crippen LogP contribution in [0.5, 0.6) is 11.6 Å². The van der Waals surface area contributed by atoms with Crippen LogP contribution < -0.4 is 4.74 Å². The Bertz CT molecular complexity index is 711. The van der Waals surface area contributed by atoms with Gasteiger partial charge in [0.05, 0.1) is 4.47 Å². The lowest BCUT2D eigenvalue weighted by Crippen LogP contribution is -1.93. The lowest BCUT2D eigenvalue weighted by molar-refractivity contribution is 0.451. The molecular formula is C13H8BrFN2O. The minimum Gasteiger partial charge on any atom is -0.440 e. The molecule has 0 unspecified atom stereocenters. The van der Waals surface area contributed by atoms with E-state index < -0.39 is 0 Å². The van der Waals surface area contributed by atoms with Gasteiger partial charge in [0.25, 0.3) is 0 Å². The highest BCUT2D eigenvalue weighted by atomic mass is 79.9. The van der Waals surface area contributed by atoms with Crippen molar-refractivity contribution in [2.45, 2.75) is 0 Å². The number of imidazole rings is 1. The SMILES string of the molecule is Fc1cc(Oc2cccc3nccn23)ccc1Br. The fraction of sp³-hybridized carbons (Fsp3) is 0. The summed E-state index contributed by atoms with van der Waals surface area (Å²) < 4.78 is 21.2. The molecule has 18 heavy (non-hydrogen) atoms. The summed E-state index contributed by atoms with van der Waals surface area (Å²) in [6, 6.07) is 10.2. The molecule has 0 amide bonds. The van der Waals surface area contributed by atoms with E-state index >= 15 is 0 Å². The molecule has 0 bridgehead atoms. The zero-order chi connectivity index (χ0) is 12.5. The molecule has 0 fully saturated rings. The number of ether oxygens (including phenoxy) is 1. The molecule has 3 nitrogen and oxygen atoms in total. The number of pyridine rings is 1. The van der Waals surface area contributed by atoms with E-state index in [-0.39, 0.29) is 5.82 Å². The van der Waals surface area contributed by atoms with Gasteiger partial charge in [-0.2, -0.15) is 0 Å². The van der Waals surface area contributed by atoms with Gasteiger partial charge >= 0.3 is 0 Å². The van der Waals surface area contributed by atoms with Crippen LogP contribution in [0.2, 0.25) is 0 Å². The van der Waals surface area contributed by atoms with Crippen LogP contribution in [0.15, 0.2) is 53.3 Å². The summed E-state index contributed by atoms with van der Waals surface area (Å²) in [4.78, 5) is 4.15. The summed E-state index contributed by atoms with van der Waals surface area (Å²) in [6.07, 6.45) is 3.48. The Kier molecular flexibility index (Phi) is 2.76. The molecule has 2 aromatic heterocycles. The summed E-state index contributed by atoms with van der Waals surface area (Å²) in [6.45, 7) is 0. The molecule has 0 radical (unpaired) electrons. The normalized spacial score (nSPS) is 10.8. The molecule has 90 valence electrons. The van der Waals surface area contributed by atoms with Crippen molar-refractivity contribution in [1.82, 2.24) is 9.38 Å². The van der Waals surface area contributed by atoms with Crippen LogP contribution in [-0.2, 0) is 0 Å². The third-order valence-electron chi connectivity index (χ3n) is 2.50. The first-order valence-corrected chi connectivity index (χ1v) is 6.08. The maximum Gasteiger partial charge on any atom is 0.205 e. The molecular weight excluding hydrogens is 299 g/mol. The van der Waals surface area contributed by atoms with E-state index in [1.54, 1.807) is 35.0 Å². The van der Waals surface area contributed by atoms with Crippen molar-refractivity contribution in [3.05, 3.63) is 59.1 Å². The smallest absolute Gasteiger partial charge is 0.205 e. The number of benzene rings is 1. The number of hydrogen-bond donors (Lipinski definition) is 0. The van der Waals surface area contributed by atoms with E-state index in [0.717, 1.165) is 5.65 Å². The molecule has 1 aromatic carbocycles. The van der Waals surface area contributed by atoms with Crippen molar-refractivity contribution in [1.29, 1.82) is 0 Å². The van der Waals surface area contributed by atoms with Crippen LogP contribution >= 0.6 is 15.9 Å². The summed E-state index contributed by atoms with van der Waals surface area (Å²) in [7, 11) is 0. The van der Waals surface area contributed by atoms with Crippen molar-refractivity contribution >= 4 is 21.6 Å². The average molecular weight is 307 g/mol. The second-order valence-electron chi connectivity index (χ2n) is 3.70. The van der Waals surface area contributed by atoms with Gasteiger partial charge in [-0.1, -0.05) is 6.07 Å². The van der Waals surface area contributed by atoms with Gasteiger partial charge in [0.1, 0.15) is 17.2 Å². The Morgan fingerprint density at radius 3 is 2.94 bits per heavy atom. The second-order valence-corrected chi connectivity index (χ2v) is 4.55. The maximum absolute atomic E-state index is 13.4. The van der Waals surface area contributed by atoms with E-state index in [1.165, 1.54) is 6.07 Å². The Morgan fingerprint density at radius 1 is 1.22 bits per heavy atom. The number of nitrogens with zero attached hydrogens (tertiary/aromatic N) is 2. The van der Waals surface area contributed by atoms with Gasteiger partial charge in [-0.15, -0.1) is 0 Å². The van der Waals surface area contributed by atoms with Gasteiger partial charge in [0.2, 0.25) is 5.88 Å². The predicted octanol–water partition coefficient (Wildman–Crippen LogP) is 4.03. The molecule has 0 aliphatic heterocycles. The molecule has 5 heteroatoms. The average Bonchev–Trinajstić information content (AvgIpc) is 2.83. The monoisotopic (exact) mass is 306 g/mol. The minimum atomic E-state index is -0.356. The molecule has 3 aromatic rings. The Balaban J connectivity index is 2.01. The predicted molar refractivity (Wildman–Crippen MR) is 69.4 cm³/mol. The molecule has 0 aliphatic rings. The third-order valence-corrected chi connectivity index (χ3v) is 3.15. The lowest BCUT2D eigenvalue weighted by atomic mass is 10.3. The standard InChI is InChI=1S/C13H8BrFN2O/c14-10-5-4-9(8-11(10)15)18-13-3-1-2-12-16-6-7-17(12)13/h1-8H. The zero-order valence-corrected chi connectivity index (χ0v) is 10.8. The number of hydrogen-bond acceptors (Lipinski definition) is 2. The Morgan fingerprint density at radius 2 is 2.11 bits per heavy atom. The maximum atomic E-state index is 13.4.